The van der Waals surface area contributed by atoms with Crippen molar-refractivity contribution in [3.8, 4) is 11.6 Å². The zero-order valence-electron chi connectivity index (χ0n) is 13.5. The van der Waals surface area contributed by atoms with Gasteiger partial charge in [0.25, 0.3) is 0 Å². The first-order valence-electron chi connectivity index (χ1n) is 7.24. The number of hydrogen-bond donors (Lipinski definition) is 2. The van der Waals surface area contributed by atoms with Gasteiger partial charge in [0.15, 0.2) is 11.6 Å². The Morgan fingerprint density at radius 2 is 2.00 bits per heavy atom. The van der Waals surface area contributed by atoms with Gasteiger partial charge in [0, 0.05) is 6.07 Å². The molecule has 0 saturated carbocycles. The van der Waals surface area contributed by atoms with Crippen molar-refractivity contribution in [3.05, 3.63) is 48.0 Å². The molecule has 0 aliphatic heterocycles. The van der Waals surface area contributed by atoms with Gasteiger partial charge in [-0.05, 0) is 31.2 Å². The summed E-state index contributed by atoms with van der Waals surface area (Å²) in [5.74, 6) is 1.66. The fourth-order valence-electron chi connectivity index (χ4n) is 2.00. The van der Waals surface area contributed by atoms with Crippen molar-refractivity contribution < 1.29 is 18.8 Å². The monoisotopic (exact) mass is 341 g/mol. The Morgan fingerprint density at radius 3 is 2.64 bits per heavy atom. The van der Waals surface area contributed by atoms with E-state index >= 15 is 0 Å². The van der Waals surface area contributed by atoms with E-state index in [0.717, 1.165) is 0 Å². The summed E-state index contributed by atoms with van der Waals surface area (Å²) in [6.45, 7) is 1.77. The second-order valence-corrected chi connectivity index (χ2v) is 5.01. The third-order valence-electron chi connectivity index (χ3n) is 3.21. The Hall–Kier alpha value is -3.62. The minimum Gasteiger partial charge on any atom is -0.465 e. The molecule has 0 aliphatic rings. The number of nitrogens with one attached hydrogen (secondary N) is 1. The van der Waals surface area contributed by atoms with Crippen LogP contribution in [0.15, 0.2) is 41.2 Å². The first-order valence-corrected chi connectivity index (χ1v) is 7.24. The van der Waals surface area contributed by atoms with Crippen LogP contribution in [0, 0.1) is 6.92 Å². The summed E-state index contributed by atoms with van der Waals surface area (Å²) in [7, 11) is 1.32. The van der Waals surface area contributed by atoms with Crippen LogP contribution >= 0.6 is 0 Å². The minimum absolute atomic E-state index is 0.170. The number of rotatable bonds is 5. The maximum Gasteiger partial charge on any atom is 0.337 e. The summed E-state index contributed by atoms with van der Waals surface area (Å²) < 4.78 is 15.3. The zero-order chi connectivity index (χ0) is 17.8. The summed E-state index contributed by atoms with van der Waals surface area (Å²) in [4.78, 5) is 19.5. The van der Waals surface area contributed by atoms with Crippen molar-refractivity contribution >= 4 is 23.3 Å². The fraction of sp³-hybridized carbons (Fsp3) is 0.125. The number of aromatic nitrogens is 3. The van der Waals surface area contributed by atoms with Crippen molar-refractivity contribution in [2.45, 2.75) is 6.92 Å². The predicted octanol–water partition coefficient (Wildman–Crippen LogP) is 2.68. The second-order valence-electron chi connectivity index (χ2n) is 5.01. The van der Waals surface area contributed by atoms with Crippen molar-refractivity contribution in [3.63, 3.8) is 0 Å². The minimum atomic E-state index is -0.428. The van der Waals surface area contributed by atoms with E-state index in [4.69, 9.17) is 15.0 Å². The molecule has 0 unspecified atom stereocenters. The van der Waals surface area contributed by atoms with Crippen LogP contribution in [0.1, 0.15) is 16.1 Å². The van der Waals surface area contributed by atoms with E-state index in [2.05, 4.69) is 25.2 Å². The zero-order valence-corrected chi connectivity index (χ0v) is 13.5. The largest absolute Gasteiger partial charge is 0.465 e. The smallest absolute Gasteiger partial charge is 0.337 e. The molecule has 3 rings (SSSR count). The topological polar surface area (TPSA) is 125 Å². The van der Waals surface area contributed by atoms with Gasteiger partial charge in [-0.1, -0.05) is 5.16 Å². The standard InChI is InChI=1S/C16H15N5O4/c1-9-7-12(21-25-9)20-14-13(17)15(19-8-18-14)24-11-5-3-10(4-6-11)16(22)23-2/h3-8H,17H2,1-2H3,(H,18,19,20,21). The van der Waals surface area contributed by atoms with Crippen molar-refractivity contribution in [1.82, 2.24) is 15.1 Å². The van der Waals surface area contributed by atoms with Crippen LogP contribution in [0.5, 0.6) is 11.6 Å². The van der Waals surface area contributed by atoms with Crippen LogP contribution in [0.3, 0.4) is 0 Å². The second kappa shape index (κ2) is 6.87. The molecule has 0 fully saturated rings. The Balaban J connectivity index is 1.78. The number of benzene rings is 1. The normalized spacial score (nSPS) is 10.3. The quantitative estimate of drug-likeness (QED) is 0.673. The van der Waals surface area contributed by atoms with E-state index in [-0.39, 0.29) is 11.6 Å². The number of esters is 1. The van der Waals surface area contributed by atoms with E-state index in [1.165, 1.54) is 13.4 Å². The van der Waals surface area contributed by atoms with Gasteiger partial charge in [-0.25, -0.2) is 9.78 Å². The number of nitrogens with zero attached hydrogens (tertiary/aromatic N) is 3. The van der Waals surface area contributed by atoms with E-state index in [0.29, 0.717) is 28.7 Å². The highest BCUT2D eigenvalue weighted by Crippen LogP contribution is 2.30. The van der Waals surface area contributed by atoms with Gasteiger partial charge >= 0.3 is 5.97 Å². The summed E-state index contributed by atoms with van der Waals surface area (Å²) in [5, 5.41) is 6.74. The Bertz CT molecular complexity index is 892. The lowest BCUT2D eigenvalue weighted by Gasteiger charge is -2.10. The molecule has 0 atom stereocenters. The number of anilines is 3. The Kier molecular flexibility index (Phi) is 4.46. The number of hydrogen-bond acceptors (Lipinski definition) is 9. The molecule has 0 spiro atoms. The van der Waals surface area contributed by atoms with Gasteiger partial charge in [-0.15, -0.1) is 0 Å². The average Bonchev–Trinajstić information content (AvgIpc) is 3.03. The number of aryl methyl sites for hydroxylation is 1. The number of carbonyl (C=O) groups is 1. The molecule has 1 aromatic carbocycles. The highest BCUT2D eigenvalue weighted by Gasteiger charge is 2.13. The lowest BCUT2D eigenvalue weighted by atomic mass is 10.2. The molecule has 0 radical (unpaired) electrons. The molecule has 3 aromatic rings. The van der Waals surface area contributed by atoms with Gasteiger partial charge in [0.2, 0.25) is 5.88 Å². The van der Waals surface area contributed by atoms with Gasteiger partial charge in [0.1, 0.15) is 23.5 Å². The summed E-state index contributed by atoms with van der Waals surface area (Å²) in [5.41, 5.74) is 6.66. The van der Waals surface area contributed by atoms with Gasteiger partial charge in [0.05, 0.1) is 12.7 Å². The van der Waals surface area contributed by atoms with E-state index in [9.17, 15) is 4.79 Å². The number of nitrogens with two attached hydrogens (primary N) is 1. The SMILES string of the molecule is COC(=O)c1ccc(Oc2ncnc(Nc3cc(C)on3)c2N)cc1. The van der Waals surface area contributed by atoms with Gasteiger partial charge in [-0.2, -0.15) is 4.98 Å². The fourth-order valence-corrected chi connectivity index (χ4v) is 2.00. The maximum absolute atomic E-state index is 11.4. The number of ether oxygens (including phenoxy) is 2. The van der Waals surface area contributed by atoms with E-state index in [1.54, 1.807) is 37.3 Å². The van der Waals surface area contributed by atoms with Crippen LogP contribution in [0.2, 0.25) is 0 Å². The van der Waals surface area contributed by atoms with Crippen LogP contribution in [-0.2, 0) is 4.74 Å². The number of methoxy groups -OCH3 is 1. The molecular formula is C16H15N5O4. The molecule has 0 amide bonds. The van der Waals surface area contributed by atoms with Crippen LogP contribution < -0.4 is 15.8 Å². The molecule has 128 valence electrons. The third-order valence-corrected chi connectivity index (χ3v) is 3.21. The number of carbonyl (C=O) groups excluding carboxylic acids is 1. The van der Waals surface area contributed by atoms with E-state index < -0.39 is 5.97 Å². The van der Waals surface area contributed by atoms with E-state index in [1.807, 2.05) is 0 Å². The van der Waals surface area contributed by atoms with Gasteiger partial charge < -0.3 is 25.0 Å². The molecule has 25 heavy (non-hydrogen) atoms. The maximum atomic E-state index is 11.4. The Morgan fingerprint density at radius 1 is 1.24 bits per heavy atom. The van der Waals surface area contributed by atoms with Gasteiger partial charge in [-0.3, -0.25) is 0 Å². The van der Waals surface area contributed by atoms with Crippen LogP contribution in [0.25, 0.3) is 0 Å². The van der Waals surface area contributed by atoms with Crippen LogP contribution in [-0.4, -0.2) is 28.2 Å². The Labute approximate surface area is 142 Å². The highest BCUT2D eigenvalue weighted by molar-refractivity contribution is 5.89. The molecule has 0 saturated heterocycles. The number of nitrogen functional groups attached to an aromatic ring is 1. The molecule has 3 N–H and O–H groups in total. The van der Waals surface area contributed by atoms with Crippen molar-refractivity contribution in [2.75, 3.05) is 18.2 Å². The molecule has 9 nitrogen and oxygen atoms in total. The van der Waals surface area contributed by atoms with Crippen molar-refractivity contribution in [2.24, 2.45) is 0 Å². The molecule has 2 aromatic heterocycles. The summed E-state index contributed by atoms with van der Waals surface area (Å²) >= 11 is 0. The average molecular weight is 341 g/mol. The highest BCUT2D eigenvalue weighted by atomic mass is 16.5. The summed E-state index contributed by atoms with van der Waals surface area (Å²) in [6.07, 6.45) is 1.31. The molecule has 0 bridgehead atoms. The molecular weight excluding hydrogens is 326 g/mol. The van der Waals surface area contributed by atoms with Crippen molar-refractivity contribution in [1.29, 1.82) is 0 Å². The first kappa shape index (κ1) is 16.2. The van der Waals surface area contributed by atoms with Crippen LogP contribution in [0.4, 0.5) is 17.3 Å². The molecule has 0 aliphatic carbocycles. The third kappa shape index (κ3) is 3.66. The lowest BCUT2D eigenvalue weighted by molar-refractivity contribution is 0.0600. The molecule has 2 heterocycles. The summed E-state index contributed by atoms with van der Waals surface area (Å²) in [6, 6.07) is 8.09. The first-order chi connectivity index (χ1) is 12.1. The molecule has 9 heteroatoms. The lowest BCUT2D eigenvalue weighted by Crippen LogP contribution is -2.03. The predicted molar refractivity (Wildman–Crippen MR) is 88.8 cm³/mol.